The molecule has 124 valence electrons. The van der Waals surface area contributed by atoms with Gasteiger partial charge < -0.3 is 0 Å². The van der Waals surface area contributed by atoms with E-state index < -0.39 is 10.0 Å². The Kier molecular flexibility index (Phi) is 5.20. The molecule has 0 aliphatic rings. The fraction of sp³-hybridized carbons (Fsp3) is 0.375. The van der Waals surface area contributed by atoms with Gasteiger partial charge in [0.15, 0.2) is 0 Å². The molecule has 0 fully saturated rings. The SMILES string of the molecule is C/C(=N\NS(=O)(=O)c1ccc(CC(C)C)cc1)c1cnn(C)c1. The molecule has 0 aliphatic carbocycles. The number of benzene rings is 1. The van der Waals surface area contributed by atoms with Crippen LogP contribution in [-0.2, 0) is 23.5 Å². The molecular formula is C16H22N4O2S. The highest BCUT2D eigenvalue weighted by molar-refractivity contribution is 7.89. The van der Waals surface area contributed by atoms with Crippen molar-refractivity contribution in [2.75, 3.05) is 0 Å². The summed E-state index contributed by atoms with van der Waals surface area (Å²) in [5.41, 5.74) is 2.44. The first kappa shape index (κ1) is 17.2. The van der Waals surface area contributed by atoms with Crippen molar-refractivity contribution in [3.05, 3.63) is 47.8 Å². The lowest BCUT2D eigenvalue weighted by Crippen LogP contribution is -2.20. The van der Waals surface area contributed by atoms with E-state index in [-0.39, 0.29) is 4.90 Å². The quantitative estimate of drug-likeness (QED) is 0.650. The second kappa shape index (κ2) is 6.95. The molecule has 6 nitrogen and oxygen atoms in total. The fourth-order valence-electron chi connectivity index (χ4n) is 2.13. The van der Waals surface area contributed by atoms with Gasteiger partial charge in [-0.3, -0.25) is 4.68 Å². The summed E-state index contributed by atoms with van der Waals surface area (Å²) >= 11 is 0. The van der Waals surface area contributed by atoms with Gasteiger partial charge in [0.25, 0.3) is 10.0 Å². The summed E-state index contributed by atoms with van der Waals surface area (Å²) in [4.78, 5) is 2.47. The van der Waals surface area contributed by atoms with Crippen molar-refractivity contribution in [1.29, 1.82) is 0 Å². The van der Waals surface area contributed by atoms with Gasteiger partial charge in [-0.1, -0.05) is 26.0 Å². The molecule has 2 aromatic rings. The zero-order valence-corrected chi connectivity index (χ0v) is 14.6. The minimum atomic E-state index is -3.67. The van der Waals surface area contributed by atoms with Crippen LogP contribution < -0.4 is 4.83 Å². The lowest BCUT2D eigenvalue weighted by atomic mass is 10.0. The second-order valence-electron chi connectivity index (χ2n) is 5.94. The smallest absolute Gasteiger partial charge is 0.275 e. The van der Waals surface area contributed by atoms with Crippen LogP contribution in [0.15, 0.2) is 46.7 Å². The number of nitrogens with zero attached hydrogens (tertiary/aromatic N) is 3. The van der Waals surface area contributed by atoms with Crippen LogP contribution in [0.4, 0.5) is 0 Å². The van der Waals surface area contributed by atoms with Crippen LogP contribution in [0.3, 0.4) is 0 Å². The van der Waals surface area contributed by atoms with E-state index >= 15 is 0 Å². The standard InChI is InChI=1S/C16H22N4O2S/c1-12(2)9-14-5-7-16(8-6-14)23(21,22)19-18-13(3)15-10-17-20(4)11-15/h5-8,10-12,19H,9H2,1-4H3/b18-13+. The average molecular weight is 334 g/mol. The Morgan fingerprint density at radius 2 is 1.96 bits per heavy atom. The number of aryl methyl sites for hydroxylation is 1. The third-order valence-electron chi connectivity index (χ3n) is 3.33. The predicted octanol–water partition coefficient (Wildman–Crippen LogP) is 2.32. The maximum Gasteiger partial charge on any atom is 0.276 e. The summed E-state index contributed by atoms with van der Waals surface area (Å²) in [7, 11) is -1.88. The molecule has 0 atom stereocenters. The number of hydrazone groups is 1. The number of rotatable bonds is 6. The van der Waals surface area contributed by atoms with E-state index in [9.17, 15) is 8.42 Å². The summed E-state index contributed by atoms with van der Waals surface area (Å²) in [6.45, 7) is 5.98. The Balaban J connectivity index is 2.12. The lowest BCUT2D eigenvalue weighted by molar-refractivity contribution is 0.584. The lowest BCUT2D eigenvalue weighted by Gasteiger charge is -2.07. The molecule has 0 saturated heterocycles. The van der Waals surface area contributed by atoms with Gasteiger partial charge in [-0.25, -0.2) is 0 Å². The van der Waals surface area contributed by atoms with Crippen molar-refractivity contribution in [3.8, 4) is 0 Å². The second-order valence-corrected chi connectivity index (χ2v) is 7.60. The fourth-order valence-corrected chi connectivity index (χ4v) is 2.99. The van der Waals surface area contributed by atoms with E-state index in [2.05, 4.69) is 28.9 Å². The predicted molar refractivity (Wildman–Crippen MR) is 90.7 cm³/mol. The number of hydrogen-bond donors (Lipinski definition) is 1. The van der Waals surface area contributed by atoms with Crippen LogP contribution in [0.2, 0.25) is 0 Å². The van der Waals surface area contributed by atoms with Gasteiger partial charge in [0.05, 0.1) is 16.8 Å². The average Bonchev–Trinajstić information content (AvgIpc) is 2.91. The summed E-state index contributed by atoms with van der Waals surface area (Å²) in [6, 6.07) is 6.89. The molecule has 0 saturated carbocycles. The molecule has 0 radical (unpaired) electrons. The maximum atomic E-state index is 12.3. The Labute approximate surface area is 137 Å². The van der Waals surface area contributed by atoms with Gasteiger partial charge in [-0.15, -0.1) is 0 Å². The zero-order valence-electron chi connectivity index (χ0n) is 13.8. The summed E-state index contributed by atoms with van der Waals surface area (Å²) in [6.07, 6.45) is 4.33. The molecule has 0 unspecified atom stereocenters. The molecule has 2 rings (SSSR count). The topological polar surface area (TPSA) is 76.3 Å². The molecule has 7 heteroatoms. The normalized spacial score (nSPS) is 12.7. The first-order chi connectivity index (χ1) is 10.8. The van der Waals surface area contributed by atoms with E-state index in [1.807, 2.05) is 12.1 Å². The van der Waals surface area contributed by atoms with Gasteiger partial charge in [-0.2, -0.15) is 23.4 Å². The van der Waals surface area contributed by atoms with E-state index in [1.54, 1.807) is 43.2 Å². The van der Waals surface area contributed by atoms with Gasteiger partial charge in [0, 0.05) is 18.8 Å². The molecule has 1 N–H and O–H groups in total. The monoisotopic (exact) mass is 334 g/mol. The van der Waals surface area contributed by atoms with Crippen molar-refractivity contribution in [2.24, 2.45) is 18.1 Å². The van der Waals surface area contributed by atoms with Crippen molar-refractivity contribution >= 4 is 15.7 Å². The van der Waals surface area contributed by atoms with Crippen molar-refractivity contribution in [3.63, 3.8) is 0 Å². The molecular weight excluding hydrogens is 312 g/mol. The van der Waals surface area contributed by atoms with E-state index in [0.29, 0.717) is 11.6 Å². The number of sulfonamides is 1. The summed E-state index contributed by atoms with van der Waals surface area (Å²) in [5.74, 6) is 0.530. The van der Waals surface area contributed by atoms with Gasteiger partial charge in [0.2, 0.25) is 0 Å². The number of nitrogens with one attached hydrogen (secondary N) is 1. The Hall–Kier alpha value is -2.15. The van der Waals surface area contributed by atoms with Crippen molar-refractivity contribution in [1.82, 2.24) is 14.6 Å². The van der Waals surface area contributed by atoms with Crippen LogP contribution in [0.1, 0.15) is 31.9 Å². The first-order valence-electron chi connectivity index (χ1n) is 7.42. The molecule has 0 bridgehead atoms. The highest BCUT2D eigenvalue weighted by Crippen LogP contribution is 2.13. The van der Waals surface area contributed by atoms with Crippen LogP contribution in [0, 0.1) is 5.92 Å². The Morgan fingerprint density at radius 3 is 2.48 bits per heavy atom. The minimum absolute atomic E-state index is 0.202. The molecule has 1 heterocycles. The molecule has 1 aromatic carbocycles. The van der Waals surface area contributed by atoms with Crippen LogP contribution in [0.25, 0.3) is 0 Å². The van der Waals surface area contributed by atoms with Crippen LogP contribution in [-0.4, -0.2) is 23.9 Å². The summed E-state index contributed by atoms with van der Waals surface area (Å²) < 4.78 is 26.2. The Morgan fingerprint density at radius 1 is 1.30 bits per heavy atom. The highest BCUT2D eigenvalue weighted by atomic mass is 32.2. The first-order valence-corrected chi connectivity index (χ1v) is 8.90. The third kappa shape index (κ3) is 4.66. The third-order valence-corrected chi connectivity index (χ3v) is 4.56. The van der Waals surface area contributed by atoms with Crippen molar-refractivity contribution < 1.29 is 8.42 Å². The molecule has 23 heavy (non-hydrogen) atoms. The largest absolute Gasteiger partial charge is 0.276 e. The van der Waals surface area contributed by atoms with Crippen LogP contribution in [0.5, 0.6) is 0 Å². The summed E-state index contributed by atoms with van der Waals surface area (Å²) in [5, 5.41) is 7.98. The van der Waals surface area contributed by atoms with E-state index in [0.717, 1.165) is 17.5 Å². The van der Waals surface area contributed by atoms with E-state index in [4.69, 9.17) is 0 Å². The molecule has 1 aromatic heterocycles. The molecule has 0 aliphatic heterocycles. The zero-order chi connectivity index (χ0) is 17.0. The highest BCUT2D eigenvalue weighted by Gasteiger charge is 2.13. The number of aromatic nitrogens is 2. The van der Waals surface area contributed by atoms with Crippen molar-refractivity contribution in [2.45, 2.75) is 32.1 Å². The molecule has 0 spiro atoms. The van der Waals surface area contributed by atoms with Crippen LogP contribution >= 0.6 is 0 Å². The van der Waals surface area contributed by atoms with Gasteiger partial charge in [-0.05, 0) is 37.0 Å². The Bertz CT molecular complexity index is 790. The van der Waals surface area contributed by atoms with E-state index in [1.165, 1.54) is 0 Å². The number of hydrogen-bond acceptors (Lipinski definition) is 4. The minimum Gasteiger partial charge on any atom is -0.275 e. The maximum absolute atomic E-state index is 12.3. The van der Waals surface area contributed by atoms with Gasteiger partial charge >= 0.3 is 0 Å². The molecule has 0 amide bonds. The van der Waals surface area contributed by atoms with Gasteiger partial charge in [0.1, 0.15) is 0 Å².